The molecule has 0 amide bonds. The molecule has 0 aliphatic heterocycles. The Hall–Kier alpha value is -5.98. The fourth-order valence-corrected chi connectivity index (χ4v) is 11.9. The van der Waals surface area contributed by atoms with E-state index in [1.54, 1.807) is 0 Å². The molecule has 53 heavy (non-hydrogen) atoms. The zero-order valence-electron chi connectivity index (χ0n) is 28.3. The van der Waals surface area contributed by atoms with Crippen molar-refractivity contribution >= 4 is 133 Å². The van der Waals surface area contributed by atoms with E-state index < -0.39 is 0 Å². The second kappa shape index (κ2) is 11.3. The summed E-state index contributed by atoms with van der Waals surface area (Å²) in [4.78, 5) is 2.47. The zero-order valence-corrected chi connectivity index (χ0v) is 30.7. The highest BCUT2D eigenvalue weighted by molar-refractivity contribution is 7.27. The van der Waals surface area contributed by atoms with E-state index in [1.807, 2.05) is 34.0 Å². The Morgan fingerprint density at radius 2 is 0.811 bits per heavy atom. The van der Waals surface area contributed by atoms with Gasteiger partial charge in [0.1, 0.15) is 0 Å². The van der Waals surface area contributed by atoms with Crippen LogP contribution in [0.15, 0.2) is 170 Å². The van der Waals surface area contributed by atoms with Crippen molar-refractivity contribution in [3.8, 4) is 5.69 Å². The normalized spacial score (nSPS) is 12.2. The maximum Gasteiger partial charge on any atom is 0.0555 e. The summed E-state index contributed by atoms with van der Waals surface area (Å²) in [7, 11) is 0. The van der Waals surface area contributed by atoms with Crippen LogP contribution in [-0.4, -0.2) is 4.57 Å². The third-order valence-corrected chi connectivity index (χ3v) is 14.3. The predicted molar refractivity (Wildman–Crippen MR) is 234 cm³/mol. The van der Waals surface area contributed by atoms with Crippen molar-refractivity contribution in [3.05, 3.63) is 170 Å². The zero-order chi connectivity index (χ0) is 34.6. The molecule has 0 aliphatic rings. The van der Waals surface area contributed by atoms with Gasteiger partial charge in [0.15, 0.2) is 0 Å². The number of nitrogens with zero attached hydrogens (tertiary/aromatic N) is 2. The first-order valence-corrected chi connectivity index (χ1v) is 20.3. The molecule has 4 aromatic heterocycles. The average molecular weight is 729 g/mol. The minimum Gasteiger partial charge on any atom is -0.310 e. The van der Waals surface area contributed by atoms with Crippen LogP contribution in [0, 0.1) is 0 Å². The standard InChI is InChI=1S/C48H28N2S3/c1-2-10-29(11-3-1)50-40-22-18-30(28-39(40)47-41(50)23-21-36-33-12-4-9-17-44(33)53-48(36)47)49(31-19-24-45-37(26-31)34-13-5-7-15-42(34)51-45)32-20-25-46-38(27-32)35-14-6-8-16-43(35)52-46/h1-28H. The number of fused-ring (bicyclic) bond motifs is 13. The first-order valence-electron chi connectivity index (χ1n) is 17.8. The number of rotatable bonds is 4. The van der Waals surface area contributed by atoms with Crippen molar-refractivity contribution in [2.45, 2.75) is 0 Å². The molecule has 0 fully saturated rings. The Morgan fingerprint density at radius 1 is 0.340 bits per heavy atom. The van der Waals surface area contributed by atoms with E-state index >= 15 is 0 Å². The van der Waals surface area contributed by atoms with Gasteiger partial charge in [-0.15, -0.1) is 34.0 Å². The summed E-state index contributed by atoms with van der Waals surface area (Å²) in [6.45, 7) is 0. The number of aromatic nitrogens is 1. The van der Waals surface area contributed by atoms with E-state index in [9.17, 15) is 0 Å². The maximum atomic E-state index is 2.47. The lowest BCUT2D eigenvalue weighted by molar-refractivity contribution is 1.18. The molecule has 12 aromatic rings. The monoisotopic (exact) mass is 728 g/mol. The molecule has 0 saturated heterocycles. The van der Waals surface area contributed by atoms with Crippen LogP contribution in [0.3, 0.4) is 0 Å². The molecule has 8 aromatic carbocycles. The number of para-hydroxylation sites is 1. The van der Waals surface area contributed by atoms with Crippen LogP contribution in [0.5, 0.6) is 0 Å². The Kier molecular flexibility index (Phi) is 6.28. The lowest BCUT2D eigenvalue weighted by Crippen LogP contribution is -2.09. The highest BCUT2D eigenvalue weighted by Gasteiger charge is 2.21. The third kappa shape index (κ3) is 4.36. The summed E-state index contributed by atoms with van der Waals surface area (Å²) in [6.07, 6.45) is 0. The minimum absolute atomic E-state index is 1.14. The van der Waals surface area contributed by atoms with Gasteiger partial charge in [-0.1, -0.05) is 78.9 Å². The van der Waals surface area contributed by atoms with Crippen LogP contribution < -0.4 is 4.90 Å². The molecule has 5 heteroatoms. The van der Waals surface area contributed by atoms with E-state index in [4.69, 9.17) is 0 Å². The number of benzene rings is 8. The molecule has 0 radical (unpaired) electrons. The van der Waals surface area contributed by atoms with Gasteiger partial charge in [0.2, 0.25) is 0 Å². The van der Waals surface area contributed by atoms with Crippen molar-refractivity contribution in [1.82, 2.24) is 4.57 Å². The summed E-state index contributed by atoms with van der Waals surface area (Å²) in [5.74, 6) is 0. The topological polar surface area (TPSA) is 8.17 Å². The highest BCUT2D eigenvalue weighted by atomic mass is 32.1. The van der Waals surface area contributed by atoms with E-state index in [1.165, 1.54) is 88.0 Å². The van der Waals surface area contributed by atoms with Crippen molar-refractivity contribution < 1.29 is 0 Å². The van der Waals surface area contributed by atoms with Crippen molar-refractivity contribution in [3.63, 3.8) is 0 Å². The quantitative estimate of drug-likeness (QED) is 0.175. The molecule has 2 nitrogen and oxygen atoms in total. The van der Waals surface area contributed by atoms with E-state index in [0.717, 1.165) is 17.1 Å². The highest BCUT2D eigenvalue weighted by Crippen LogP contribution is 2.47. The molecular formula is C48H28N2S3. The van der Waals surface area contributed by atoms with E-state index in [0.29, 0.717) is 0 Å². The van der Waals surface area contributed by atoms with E-state index in [-0.39, 0.29) is 0 Å². The molecule has 0 saturated carbocycles. The third-order valence-electron chi connectivity index (χ3n) is 10.8. The van der Waals surface area contributed by atoms with Gasteiger partial charge in [0.05, 0.1) is 11.0 Å². The van der Waals surface area contributed by atoms with Crippen LogP contribution in [0.2, 0.25) is 0 Å². The first-order chi connectivity index (χ1) is 26.3. The minimum atomic E-state index is 1.14. The van der Waals surface area contributed by atoms with Crippen molar-refractivity contribution in [2.24, 2.45) is 0 Å². The van der Waals surface area contributed by atoms with Gasteiger partial charge in [-0.25, -0.2) is 0 Å². The SMILES string of the molecule is c1ccc(-n2c3ccc(N(c4ccc5sc6ccccc6c5c4)c4ccc5sc6ccccc6c5c4)cc3c3c4sc5ccccc5c4ccc32)cc1. The molecule has 4 heterocycles. The van der Waals surface area contributed by atoms with Crippen LogP contribution in [0.1, 0.15) is 0 Å². The second-order valence-electron chi connectivity index (χ2n) is 13.7. The van der Waals surface area contributed by atoms with Crippen molar-refractivity contribution in [2.75, 3.05) is 4.90 Å². The number of hydrogen-bond acceptors (Lipinski definition) is 4. The molecule has 0 aliphatic carbocycles. The van der Waals surface area contributed by atoms with Gasteiger partial charge in [0.25, 0.3) is 0 Å². The summed E-state index contributed by atoms with van der Waals surface area (Å²) in [6, 6.07) is 62.9. The Balaban J connectivity index is 1.17. The lowest BCUT2D eigenvalue weighted by Gasteiger charge is -2.26. The molecule has 248 valence electrons. The van der Waals surface area contributed by atoms with Gasteiger partial charge >= 0.3 is 0 Å². The Morgan fingerprint density at radius 3 is 1.43 bits per heavy atom. The summed E-state index contributed by atoms with van der Waals surface area (Å²) < 4.78 is 10.4. The smallest absolute Gasteiger partial charge is 0.0555 e. The van der Waals surface area contributed by atoms with Crippen molar-refractivity contribution in [1.29, 1.82) is 0 Å². The fraction of sp³-hybridized carbons (Fsp3) is 0. The van der Waals surface area contributed by atoms with Crippen LogP contribution in [-0.2, 0) is 0 Å². The van der Waals surface area contributed by atoms with Gasteiger partial charge < -0.3 is 9.47 Å². The lowest BCUT2D eigenvalue weighted by atomic mass is 10.1. The first kappa shape index (κ1) is 29.6. The predicted octanol–water partition coefficient (Wildman–Crippen LogP) is 15.4. The molecule has 0 atom stereocenters. The van der Waals surface area contributed by atoms with Gasteiger partial charge in [-0.2, -0.15) is 0 Å². The van der Waals surface area contributed by atoms with Crippen LogP contribution >= 0.6 is 34.0 Å². The number of thiophene rings is 3. The van der Waals surface area contributed by atoms with Gasteiger partial charge in [-0.3, -0.25) is 0 Å². The largest absolute Gasteiger partial charge is 0.310 e. The molecule has 0 unspecified atom stereocenters. The van der Waals surface area contributed by atoms with E-state index in [2.05, 4.69) is 179 Å². The summed E-state index contributed by atoms with van der Waals surface area (Å²) >= 11 is 5.64. The second-order valence-corrected chi connectivity index (χ2v) is 16.9. The summed E-state index contributed by atoms with van der Waals surface area (Å²) in [5.41, 5.74) is 7.04. The Labute approximate surface area is 316 Å². The number of hydrogen-bond donors (Lipinski definition) is 0. The molecule has 0 bridgehead atoms. The maximum absolute atomic E-state index is 2.47. The molecule has 0 N–H and O–H groups in total. The molecule has 0 spiro atoms. The van der Waals surface area contributed by atoms with Crippen LogP contribution in [0.25, 0.3) is 88.0 Å². The Bertz CT molecular complexity index is 3300. The number of anilines is 3. The fourth-order valence-electron chi connectivity index (χ4n) is 8.42. The molecule has 12 rings (SSSR count). The van der Waals surface area contributed by atoms with Crippen LogP contribution in [0.4, 0.5) is 17.1 Å². The van der Waals surface area contributed by atoms with Gasteiger partial charge in [0, 0.05) is 94.0 Å². The average Bonchev–Trinajstić information content (AvgIpc) is 3.97. The molecular weight excluding hydrogens is 701 g/mol. The van der Waals surface area contributed by atoms with Gasteiger partial charge in [-0.05, 0) is 91.0 Å². The summed E-state index contributed by atoms with van der Waals surface area (Å²) in [5, 5.41) is 10.4.